The number of benzene rings is 1. The van der Waals surface area contributed by atoms with Crippen LogP contribution in [0.15, 0.2) is 34.9 Å². The summed E-state index contributed by atoms with van der Waals surface area (Å²) in [6.45, 7) is 1.64. The van der Waals surface area contributed by atoms with Crippen LogP contribution in [-0.4, -0.2) is 4.92 Å². The summed E-state index contributed by atoms with van der Waals surface area (Å²) in [6, 6.07) is 4.05. The summed E-state index contributed by atoms with van der Waals surface area (Å²) in [6.07, 6.45) is 1.43. The number of furan rings is 1. The molecule has 2 aromatic rings. The lowest BCUT2D eigenvalue weighted by Crippen LogP contribution is -2.09. The Morgan fingerprint density at radius 1 is 1.42 bits per heavy atom. The van der Waals surface area contributed by atoms with Crippen LogP contribution in [-0.2, 0) is 0 Å². The third-order valence-corrected chi connectivity index (χ3v) is 2.56. The first-order chi connectivity index (χ1) is 8.99. The first kappa shape index (κ1) is 13.0. The average molecular weight is 268 g/mol. The highest BCUT2D eigenvalue weighted by Gasteiger charge is 2.22. The van der Waals surface area contributed by atoms with Crippen molar-refractivity contribution in [3.63, 3.8) is 0 Å². The largest absolute Gasteiger partial charge is 0.467 e. The average Bonchev–Trinajstić information content (AvgIpc) is 2.85. The molecule has 0 saturated heterocycles. The molecule has 0 spiro atoms. The van der Waals surface area contributed by atoms with Crippen molar-refractivity contribution < 1.29 is 18.1 Å². The maximum atomic E-state index is 13.6. The van der Waals surface area contributed by atoms with Gasteiger partial charge in [-0.3, -0.25) is 10.1 Å². The molecule has 0 aliphatic carbocycles. The van der Waals surface area contributed by atoms with E-state index in [2.05, 4.69) is 5.32 Å². The molecule has 1 atom stereocenters. The van der Waals surface area contributed by atoms with Gasteiger partial charge in [0.15, 0.2) is 11.5 Å². The quantitative estimate of drug-likeness (QED) is 0.679. The summed E-state index contributed by atoms with van der Waals surface area (Å²) in [7, 11) is 0. The minimum Gasteiger partial charge on any atom is -0.467 e. The predicted octanol–water partition coefficient (Wildman–Crippen LogP) is 3.64. The fourth-order valence-electron chi connectivity index (χ4n) is 1.67. The molecule has 0 bridgehead atoms. The van der Waals surface area contributed by atoms with Crippen LogP contribution >= 0.6 is 0 Å². The molecule has 0 saturated carbocycles. The number of nitrogens with one attached hydrogen (secondary N) is 1. The molecule has 2 rings (SSSR count). The van der Waals surface area contributed by atoms with E-state index in [4.69, 9.17) is 4.42 Å². The van der Waals surface area contributed by atoms with E-state index in [0.29, 0.717) is 17.9 Å². The van der Waals surface area contributed by atoms with Crippen LogP contribution in [0.5, 0.6) is 0 Å². The molecule has 19 heavy (non-hydrogen) atoms. The Morgan fingerprint density at radius 2 is 2.16 bits per heavy atom. The maximum Gasteiger partial charge on any atom is 0.298 e. The van der Waals surface area contributed by atoms with E-state index < -0.39 is 28.3 Å². The second-order valence-corrected chi connectivity index (χ2v) is 3.92. The molecule has 100 valence electrons. The van der Waals surface area contributed by atoms with E-state index in [1.54, 1.807) is 19.1 Å². The van der Waals surface area contributed by atoms with Gasteiger partial charge in [0.25, 0.3) is 5.69 Å². The minimum atomic E-state index is -1.02. The Kier molecular flexibility index (Phi) is 3.46. The Morgan fingerprint density at radius 3 is 2.74 bits per heavy atom. The van der Waals surface area contributed by atoms with Crippen molar-refractivity contribution in [3.05, 3.63) is 58.0 Å². The number of halogens is 2. The van der Waals surface area contributed by atoms with Crippen molar-refractivity contribution in [2.75, 3.05) is 5.32 Å². The van der Waals surface area contributed by atoms with Gasteiger partial charge in [-0.05, 0) is 19.1 Å². The fraction of sp³-hybridized carbons (Fsp3) is 0.167. The minimum absolute atomic E-state index is 0.365. The molecule has 0 aliphatic rings. The molecule has 7 heteroatoms. The molecular weight excluding hydrogens is 258 g/mol. The van der Waals surface area contributed by atoms with E-state index in [1.807, 2.05) is 0 Å². The first-order valence-corrected chi connectivity index (χ1v) is 5.42. The Bertz CT molecular complexity index is 599. The van der Waals surface area contributed by atoms with Gasteiger partial charge in [0.05, 0.1) is 23.3 Å². The molecule has 5 nitrogen and oxygen atoms in total. The van der Waals surface area contributed by atoms with Gasteiger partial charge >= 0.3 is 0 Å². The third-order valence-electron chi connectivity index (χ3n) is 2.56. The summed E-state index contributed by atoms with van der Waals surface area (Å²) < 4.78 is 31.7. The molecule has 1 N–H and O–H groups in total. The van der Waals surface area contributed by atoms with Crippen molar-refractivity contribution in [2.45, 2.75) is 13.0 Å². The van der Waals surface area contributed by atoms with E-state index in [9.17, 15) is 18.9 Å². The molecule has 1 aromatic heterocycles. The molecule has 0 aliphatic heterocycles. The highest BCUT2D eigenvalue weighted by atomic mass is 19.1. The Hall–Kier alpha value is -2.44. The zero-order valence-electron chi connectivity index (χ0n) is 9.89. The number of hydrogen-bond acceptors (Lipinski definition) is 4. The van der Waals surface area contributed by atoms with Gasteiger partial charge in [-0.2, -0.15) is 0 Å². The summed E-state index contributed by atoms with van der Waals surface area (Å²) in [5.74, 6) is -1.54. The fourth-order valence-corrected chi connectivity index (χ4v) is 1.67. The van der Waals surface area contributed by atoms with Crippen LogP contribution in [0.3, 0.4) is 0 Å². The van der Waals surface area contributed by atoms with Crippen LogP contribution < -0.4 is 5.32 Å². The van der Waals surface area contributed by atoms with Gasteiger partial charge in [-0.25, -0.2) is 8.78 Å². The predicted molar refractivity (Wildman–Crippen MR) is 63.8 cm³/mol. The van der Waals surface area contributed by atoms with Crippen LogP contribution in [0.2, 0.25) is 0 Å². The second kappa shape index (κ2) is 5.05. The highest BCUT2D eigenvalue weighted by Crippen LogP contribution is 2.31. The number of nitrogens with zero attached hydrogens (tertiary/aromatic N) is 1. The van der Waals surface area contributed by atoms with Crippen molar-refractivity contribution in [1.82, 2.24) is 0 Å². The van der Waals surface area contributed by atoms with Crippen molar-refractivity contribution >= 4 is 11.4 Å². The smallest absolute Gasteiger partial charge is 0.298 e. The number of nitro groups is 1. The van der Waals surface area contributed by atoms with Gasteiger partial charge < -0.3 is 9.73 Å². The van der Waals surface area contributed by atoms with E-state index in [1.165, 1.54) is 6.26 Å². The molecule has 0 fully saturated rings. The molecule has 1 aromatic carbocycles. The number of rotatable bonds is 4. The van der Waals surface area contributed by atoms with Crippen LogP contribution in [0.4, 0.5) is 20.2 Å². The highest BCUT2D eigenvalue weighted by molar-refractivity contribution is 5.63. The zero-order chi connectivity index (χ0) is 14.0. The SMILES string of the molecule is CC(Nc1c(F)cc(F)cc1[N+](=O)[O-])c1ccco1. The van der Waals surface area contributed by atoms with Crippen molar-refractivity contribution in [2.24, 2.45) is 0 Å². The molecule has 1 heterocycles. The van der Waals surface area contributed by atoms with Crippen LogP contribution in [0.1, 0.15) is 18.7 Å². The molecule has 0 radical (unpaired) electrons. The van der Waals surface area contributed by atoms with Crippen molar-refractivity contribution in [1.29, 1.82) is 0 Å². The number of anilines is 1. The number of nitro benzene ring substituents is 1. The van der Waals surface area contributed by atoms with Crippen LogP contribution in [0.25, 0.3) is 0 Å². The van der Waals surface area contributed by atoms with E-state index in [0.717, 1.165) is 0 Å². The van der Waals surface area contributed by atoms with Gasteiger partial charge in [0.1, 0.15) is 11.6 Å². The van der Waals surface area contributed by atoms with Gasteiger partial charge in [-0.1, -0.05) is 0 Å². The summed E-state index contributed by atoms with van der Waals surface area (Å²) >= 11 is 0. The molecule has 1 unspecified atom stereocenters. The topological polar surface area (TPSA) is 68.3 Å². The summed E-state index contributed by atoms with van der Waals surface area (Å²) in [5.41, 5.74) is -1.02. The normalized spacial score (nSPS) is 12.2. The standard InChI is InChI=1S/C12H10F2N2O3/c1-7(11-3-2-4-19-11)15-12-9(14)5-8(13)6-10(12)16(17)18/h2-7,15H,1H3. The van der Waals surface area contributed by atoms with Gasteiger partial charge in [-0.15, -0.1) is 0 Å². The summed E-state index contributed by atoms with van der Waals surface area (Å²) in [4.78, 5) is 9.96. The second-order valence-electron chi connectivity index (χ2n) is 3.92. The van der Waals surface area contributed by atoms with Crippen molar-refractivity contribution in [3.8, 4) is 0 Å². The Labute approximate surface area is 107 Å². The molecule has 0 amide bonds. The lowest BCUT2D eigenvalue weighted by atomic mass is 10.2. The first-order valence-electron chi connectivity index (χ1n) is 5.42. The van der Waals surface area contributed by atoms with E-state index in [-0.39, 0.29) is 5.69 Å². The van der Waals surface area contributed by atoms with Crippen LogP contribution in [0, 0.1) is 21.7 Å². The third kappa shape index (κ3) is 2.70. The van der Waals surface area contributed by atoms with Gasteiger partial charge in [0.2, 0.25) is 0 Å². The lowest BCUT2D eigenvalue weighted by molar-refractivity contribution is -0.384. The maximum absolute atomic E-state index is 13.6. The monoisotopic (exact) mass is 268 g/mol. The summed E-state index contributed by atoms with van der Waals surface area (Å²) in [5, 5.41) is 13.4. The van der Waals surface area contributed by atoms with E-state index >= 15 is 0 Å². The number of hydrogen-bond donors (Lipinski definition) is 1. The molecular formula is C12H10F2N2O3. The lowest BCUT2D eigenvalue weighted by Gasteiger charge is -2.13. The van der Waals surface area contributed by atoms with Gasteiger partial charge in [0, 0.05) is 6.07 Å². The Balaban J connectivity index is 2.36. The zero-order valence-corrected chi connectivity index (χ0v) is 9.89.